The molecule has 0 aliphatic heterocycles. The van der Waals surface area contributed by atoms with E-state index in [2.05, 4.69) is 22.4 Å². The molecular weight excluding hydrogens is 303 g/mol. The first kappa shape index (κ1) is 16.5. The summed E-state index contributed by atoms with van der Waals surface area (Å²) in [7, 11) is 0. The van der Waals surface area contributed by atoms with Crippen molar-refractivity contribution >= 4 is 23.4 Å². The summed E-state index contributed by atoms with van der Waals surface area (Å²) in [6, 6.07) is 6.10. The van der Waals surface area contributed by atoms with E-state index < -0.39 is 5.82 Å². The first-order valence-electron chi connectivity index (χ1n) is 7.25. The monoisotopic (exact) mass is 322 g/mol. The SMILES string of the molecule is CCCCCn1cnnc1SCC(=O)Nc1ccccc1F. The summed E-state index contributed by atoms with van der Waals surface area (Å²) in [6.07, 6.45) is 5.03. The van der Waals surface area contributed by atoms with Crippen molar-refractivity contribution in [2.45, 2.75) is 37.9 Å². The first-order chi connectivity index (χ1) is 10.7. The van der Waals surface area contributed by atoms with Crippen molar-refractivity contribution in [3.05, 3.63) is 36.4 Å². The van der Waals surface area contributed by atoms with Crippen LogP contribution in [0.5, 0.6) is 0 Å². The van der Waals surface area contributed by atoms with Gasteiger partial charge in [-0.15, -0.1) is 10.2 Å². The highest BCUT2D eigenvalue weighted by Gasteiger charge is 2.10. The zero-order valence-electron chi connectivity index (χ0n) is 12.5. The Morgan fingerprint density at radius 3 is 2.95 bits per heavy atom. The largest absolute Gasteiger partial charge is 0.323 e. The molecule has 0 aliphatic carbocycles. The number of para-hydroxylation sites is 1. The van der Waals surface area contributed by atoms with Crippen LogP contribution in [0.2, 0.25) is 0 Å². The summed E-state index contributed by atoms with van der Waals surface area (Å²) in [5, 5.41) is 11.2. The van der Waals surface area contributed by atoms with Gasteiger partial charge in [-0.3, -0.25) is 4.79 Å². The molecule has 0 unspecified atom stereocenters. The molecule has 1 aromatic heterocycles. The van der Waals surface area contributed by atoms with Gasteiger partial charge in [0, 0.05) is 6.54 Å². The molecule has 118 valence electrons. The van der Waals surface area contributed by atoms with Crippen LogP contribution >= 0.6 is 11.8 Å². The van der Waals surface area contributed by atoms with Crippen molar-refractivity contribution in [2.24, 2.45) is 0 Å². The van der Waals surface area contributed by atoms with Crippen molar-refractivity contribution in [3.8, 4) is 0 Å². The third-order valence-electron chi connectivity index (χ3n) is 3.06. The van der Waals surface area contributed by atoms with E-state index in [0.29, 0.717) is 5.16 Å². The Hall–Kier alpha value is -1.89. The number of hydrogen-bond acceptors (Lipinski definition) is 4. The van der Waals surface area contributed by atoms with Crippen molar-refractivity contribution < 1.29 is 9.18 Å². The van der Waals surface area contributed by atoms with E-state index in [9.17, 15) is 9.18 Å². The Morgan fingerprint density at radius 2 is 2.18 bits per heavy atom. The average Bonchev–Trinajstić information content (AvgIpc) is 2.95. The highest BCUT2D eigenvalue weighted by Crippen LogP contribution is 2.17. The second kappa shape index (κ2) is 8.53. The zero-order valence-corrected chi connectivity index (χ0v) is 13.3. The zero-order chi connectivity index (χ0) is 15.8. The molecule has 7 heteroatoms. The van der Waals surface area contributed by atoms with Crippen LogP contribution in [0.3, 0.4) is 0 Å². The number of aryl methyl sites for hydroxylation is 1. The molecule has 1 heterocycles. The number of amides is 1. The number of hydrogen-bond donors (Lipinski definition) is 1. The molecule has 0 radical (unpaired) electrons. The number of aromatic nitrogens is 3. The molecule has 2 aromatic rings. The summed E-state index contributed by atoms with van der Waals surface area (Å²) in [5.41, 5.74) is 0.192. The third-order valence-corrected chi connectivity index (χ3v) is 4.04. The molecule has 1 amide bonds. The van der Waals surface area contributed by atoms with Crippen LogP contribution in [0.25, 0.3) is 0 Å². The summed E-state index contributed by atoms with van der Waals surface area (Å²) >= 11 is 1.30. The number of halogens is 1. The molecule has 0 saturated carbocycles. The molecule has 5 nitrogen and oxygen atoms in total. The lowest BCUT2D eigenvalue weighted by atomic mass is 10.2. The number of carbonyl (C=O) groups is 1. The Bertz CT molecular complexity index is 617. The minimum atomic E-state index is -0.441. The van der Waals surface area contributed by atoms with Gasteiger partial charge in [0.1, 0.15) is 12.1 Å². The van der Waals surface area contributed by atoms with Crippen LogP contribution in [0.1, 0.15) is 26.2 Å². The lowest BCUT2D eigenvalue weighted by Crippen LogP contribution is -2.15. The molecule has 0 spiro atoms. The van der Waals surface area contributed by atoms with E-state index in [4.69, 9.17) is 0 Å². The molecule has 0 atom stereocenters. The number of rotatable bonds is 8. The van der Waals surface area contributed by atoms with Gasteiger partial charge < -0.3 is 9.88 Å². The fourth-order valence-corrected chi connectivity index (χ4v) is 2.66. The second-order valence-electron chi connectivity index (χ2n) is 4.83. The van der Waals surface area contributed by atoms with Crippen LogP contribution in [-0.4, -0.2) is 26.4 Å². The maximum Gasteiger partial charge on any atom is 0.234 e. The first-order valence-corrected chi connectivity index (χ1v) is 8.24. The van der Waals surface area contributed by atoms with Gasteiger partial charge >= 0.3 is 0 Å². The maximum absolute atomic E-state index is 13.5. The molecule has 1 N–H and O–H groups in total. The predicted molar refractivity (Wildman–Crippen MR) is 85.3 cm³/mol. The number of unbranched alkanes of at least 4 members (excludes halogenated alkanes) is 2. The van der Waals surface area contributed by atoms with E-state index in [1.807, 2.05) is 4.57 Å². The number of thioether (sulfide) groups is 1. The Balaban J connectivity index is 1.84. The Morgan fingerprint density at radius 1 is 1.36 bits per heavy atom. The third kappa shape index (κ3) is 4.84. The second-order valence-corrected chi connectivity index (χ2v) is 5.77. The number of nitrogens with zero attached hydrogens (tertiary/aromatic N) is 3. The minimum Gasteiger partial charge on any atom is -0.323 e. The average molecular weight is 322 g/mol. The van der Waals surface area contributed by atoms with Gasteiger partial charge in [-0.1, -0.05) is 43.7 Å². The van der Waals surface area contributed by atoms with Gasteiger partial charge in [0.15, 0.2) is 5.16 Å². The molecular formula is C15H19FN4OS. The number of nitrogens with one attached hydrogen (secondary N) is 1. The molecule has 0 saturated heterocycles. The number of anilines is 1. The van der Waals surface area contributed by atoms with Crippen LogP contribution in [0.4, 0.5) is 10.1 Å². The van der Waals surface area contributed by atoms with Crippen LogP contribution < -0.4 is 5.32 Å². The van der Waals surface area contributed by atoms with Crippen molar-refractivity contribution in [3.63, 3.8) is 0 Å². The maximum atomic E-state index is 13.5. The summed E-state index contributed by atoms with van der Waals surface area (Å²) in [6.45, 7) is 2.99. The van der Waals surface area contributed by atoms with Gasteiger partial charge in [0.05, 0.1) is 11.4 Å². The topological polar surface area (TPSA) is 59.8 Å². The summed E-state index contributed by atoms with van der Waals surface area (Å²) < 4.78 is 15.4. The fraction of sp³-hybridized carbons (Fsp3) is 0.400. The van der Waals surface area contributed by atoms with Crippen molar-refractivity contribution in [1.29, 1.82) is 0 Å². The number of carbonyl (C=O) groups excluding carboxylic acids is 1. The van der Waals surface area contributed by atoms with Crippen LogP contribution in [0, 0.1) is 5.82 Å². The molecule has 0 aliphatic rings. The smallest absolute Gasteiger partial charge is 0.234 e. The van der Waals surface area contributed by atoms with Gasteiger partial charge in [-0.05, 0) is 18.6 Å². The standard InChI is InChI=1S/C15H19FN4OS/c1-2-3-6-9-20-11-17-19-15(20)22-10-14(21)18-13-8-5-4-7-12(13)16/h4-5,7-8,11H,2-3,6,9-10H2,1H3,(H,18,21). The number of benzene rings is 1. The summed E-state index contributed by atoms with van der Waals surface area (Å²) in [5.74, 6) is -0.539. The quantitative estimate of drug-likeness (QED) is 0.598. The van der Waals surface area contributed by atoms with Crippen LogP contribution in [0.15, 0.2) is 35.7 Å². The van der Waals surface area contributed by atoms with Crippen LogP contribution in [-0.2, 0) is 11.3 Å². The Labute approximate surface area is 133 Å². The molecule has 22 heavy (non-hydrogen) atoms. The van der Waals surface area contributed by atoms with Gasteiger partial charge in [-0.25, -0.2) is 4.39 Å². The Kier molecular flexibility index (Phi) is 6.39. The predicted octanol–water partition coefficient (Wildman–Crippen LogP) is 3.34. The van der Waals surface area contributed by atoms with E-state index >= 15 is 0 Å². The van der Waals surface area contributed by atoms with E-state index in [0.717, 1.165) is 25.8 Å². The molecule has 1 aromatic carbocycles. The molecule has 0 bridgehead atoms. The molecule has 0 fully saturated rings. The fourth-order valence-electron chi connectivity index (χ4n) is 1.92. The van der Waals surface area contributed by atoms with Crippen molar-refractivity contribution in [1.82, 2.24) is 14.8 Å². The van der Waals surface area contributed by atoms with Gasteiger partial charge in [0.25, 0.3) is 0 Å². The minimum absolute atomic E-state index is 0.167. The highest BCUT2D eigenvalue weighted by atomic mass is 32.2. The summed E-state index contributed by atoms with van der Waals surface area (Å²) in [4.78, 5) is 11.9. The normalized spacial score (nSPS) is 10.6. The van der Waals surface area contributed by atoms with E-state index in [1.54, 1.807) is 18.5 Å². The van der Waals surface area contributed by atoms with E-state index in [1.165, 1.54) is 23.9 Å². The lowest BCUT2D eigenvalue weighted by Gasteiger charge is -2.07. The van der Waals surface area contributed by atoms with Gasteiger partial charge in [0.2, 0.25) is 5.91 Å². The van der Waals surface area contributed by atoms with Crippen molar-refractivity contribution in [2.75, 3.05) is 11.1 Å². The van der Waals surface area contributed by atoms with E-state index in [-0.39, 0.29) is 17.3 Å². The van der Waals surface area contributed by atoms with Gasteiger partial charge in [-0.2, -0.15) is 0 Å². The lowest BCUT2D eigenvalue weighted by molar-refractivity contribution is -0.113. The highest BCUT2D eigenvalue weighted by molar-refractivity contribution is 7.99. The molecule has 2 rings (SSSR count).